The van der Waals surface area contributed by atoms with E-state index in [1.807, 2.05) is 48.5 Å². The highest BCUT2D eigenvalue weighted by Gasteiger charge is 2.25. The second-order valence-corrected chi connectivity index (χ2v) is 6.55. The van der Waals surface area contributed by atoms with Crippen molar-refractivity contribution in [1.82, 2.24) is 5.32 Å². The van der Waals surface area contributed by atoms with Gasteiger partial charge in [-0.3, -0.25) is 0 Å². The summed E-state index contributed by atoms with van der Waals surface area (Å²) in [5.74, 6) is 1.69. The largest absolute Gasteiger partial charge is 0.491 e. The molecule has 1 heterocycles. The fourth-order valence-electron chi connectivity index (χ4n) is 3.42. The molecule has 1 unspecified atom stereocenters. The van der Waals surface area contributed by atoms with Gasteiger partial charge < -0.3 is 20.1 Å². The van der Waals surface area contributed by atoms with Crippen LogP contribution in [0, 0.1) is 0 Å². The van der Waals surface area contributed by atoms with E-state index in [9.17, 15) is 4.79 Å². The number of para-hydroxylation sites is 1. The molecule has 1 atom stereocenters. The maximum atomic E-state index is 12.2. The van der Waals surface area contributed by atoms with Gasteiger partial charge >= 0.3 is 6.03 Å². The number of benzene rings is 2. The van der Waals surface area contributed by atoms with E-state index in [2.05, 4.69) is 10.6 Å². The third-order valence-corrected chi connectivity index (χ3v) is 4.72. The molecule has 1 aliphatic heterocycles. The number of carbonyl (C=O) groups excluding carboxylic acids is 1. The summed E-state index contributed by atoms with van der Waals surface area (Å²) in [7, 11) is 0. The number of rotatable bonds is 4. The lowest BCUT2D eigenvalue weighted by Gasteiger charge is -2.15. The normalized spacial score (nSPS) is 19.1. The van der Waals surface area contributed by atoms with Gasteiger partial charge in [-0.15, -0.1) is 0 Å². The van der Waals surface area contributed by atoms with Gasteiger partial charge in [-0.05, 0) is 56.0 Å². The van der Waals surface area contributed by atoms with E-state index in [0.29, 0.717) is 12.7 Å². The Kier molecular flexibility index (Phi) is 4.46. The van der Waals surface area contributed by atoms with E-state index in [0.717, 1.165) is 35.6 Å². The highest BCUT2D eigenvalue weighted by Crippen LogP contribution is 2.31. The Hall–Kier alpha value is -2.69. The van der Waals surface area contributed by atoms with E-state index in [4.69, 9.17) is 9.47 Å². The van der Waals surface area contributed by atoms with Crippen LogP contribution in [0.5, 0.6) is 11.5 Å². The van der Waals surface area contributed by atoms with Gasteiger partial charge in [-0.25, -0.2) is 4.79 Å². The molecule has 0 spiro atoms. The molecule has 2 aliphatic rings. The smallest absolute Gasteiger partial charge is 0.319 e. The summed E-state index contributed by atoms with van der Waals surface area (Å²) in [6.07, 6.45) is 5.10. The Bertz CT molecular complexity index is 739. The van der Waals surface area contributed by atoms with E-state index in [1.54, 1.807) is 0 Å². The molecule has 130 valence electrons. The van der Waals surface area contributed by atoms with Crippen LogP contribution in [0.25, 0.3) is 0 Å². The van der Waals surface area contributed by atoms with Crippen LogP contribution in [0.4, 0.5) is 10.5 Å². The van der Waals surface area contributed by atoms with Crippen molar-refractivity contribution >= 4 is 11.7 Å². The van der Waals surface area contributed by atoms with Crippen LogP contribution in [-0.2, 0) is 0 Å². The number of ether oxygens (including phenoxy) is 2. The van der Waals surface area contributed by atoms with Crippen LogP contribution in [0.3, 0.4) is 0 Å². The highest BCUT2D eigenvalue weighted by atomic mass is 16.5. The minimum absolute atomic E-state index is 0.124. The average Bonchev–Trinajstić information content (AvgIpc) is 3.27. The monoisotopic (exact) mass is 338 g/mol. The molecule has 1 saturated carbocycles. The Morgan fingerprint density at radius 3 is 2.60 bits per heavy atom. The minimum Gasteiger partial charge on any atom is -0.491 e. The zero-order chi connectivity index (χ0) is 17.1. The first-order valence-electron chi connectivity index (χ1n) is 8.84. The van der Waals surface area contributed by atoms with Gasteiger partial charge in [-0.1, -0.05) is 18.2 Å². The number of nitrogens with one attached hydrogen (secondary N) is 2. The summed E-state index contributed by atoms with van der Waals surface area (Å²) in [6, 6.07) is 14.9. The number of hydrogen-bond donors (Lipinski definition) is 2. The summed E-state index contributed by atoms with van der Waals surface area (Å²) < 4.78 is 11.5. The first kappa shape index (κ1) is 15.8. The minimum atomic E-state index is -0.241. The van der Waals surface area contributed by atoms with Gasteiger partial charge in [0.1, 0.15) is 18.1 Å². The van der Waals surface area contributed by atoms with Crippen molar-refractivity contribution < 1.29 is 14.3 Å². The fraction of sp³-hybridized carbons (Fsp3) is 0.350. The van der Waals surface area contributed by atoms with Crippen LogP contribution in [0.2, 0.25) is 0 Å². The molecule has 2 N–H and O–H groups in total. The number of amides is 2. The molecule has 25 heavy (non-hydrogen) atoms. The van der Waals surface area contributed by atoms with Crippen molar-refractivity contribution in [2.75, 3.05) is 11.9 Å². The first-order chi connectivity index (χ1) is 12.3. The number of hydrogen-bond acceptors (Lipinski definition) is 3. The molecule has 0 bridgehead atoms. The van der Waals surface area contributed by atoms with Gasteiger partial charge in [0.2, 0.25) is 0 Å². The zero-order valence-electron chi connectivity index (χ0n) is 14.0. The first-order valence-corrected chi connectivity index (χ1v) is 8.84. The highest BCUT2D eigenvalue weighted by molar-refractivity contribution is 5.89. The Labute approximate surface area is 147 Å². The second-order valence-electron chi connectivity index (χ2n) is 6.55. The zero-order valence-corrected chi connectivity index (χ0v) is 14.0. The van der Waals surface area contributed by atoms with Crippen LogP contribution in [0.15, 0.2) is 48.5 Å². The lowest BCUT2D eigenvalue weighted by atomic mass is 10.1. The molecule has 0 aromatic heterocycles. The predicted octanol–water partition coefficient (Wildman–Crippen LogP) is 4.26. The number of urea groups is 1. The predicted molar refractivity (Wildman–Crippen MR) is 96.2 cm³/mol. The van der Waals surface area contributed by atoms with Gasteiger partial charge in [-0.2, -0.15) is 0 Å². The maximum absolute atomic E-state index is 12.2. The quantitative estimate of drug-likeness (QED) is 0.875. The lowest BCUT2D eigenvalue weighted by Crippen LogP contribution is -2.33. The van der Waals surface area contributed by atoms with Crippen LogP contribution >= 0.6 is 0 Å². The average molecular weight is 338 g/mol. The topological polar surface area (TPSA) is 59.6 Å². The van der Waals surface area contributed by atoms with Crippen molar-refractivity contribution in [2.24, 2.45) is 0 Å². The Morgan fingerprint density at radius 1 is 1.04 bits per heavy atom. The molecule has 4 rings (SSSR count). The van der Waals surface area contributed by atoms with Crippen LogP contribution in [0.1, 0.15) is 37.3 Å². The molecular formula is C20H22N2O3. The summed E-state index contributed by atoms with van der Waals surface area (Å²) in [5.41, 5.74) is 1.75. The Morgan fingerprint density at radius 2 is 1.80 bits per heavy atom. The third-order valence-electron chi connectivity index (χ3n) is 4.72. The van der Waals surface area contributed by atoms with Gasteiger partial charge in [0.05, 0.1) is 12.1 Å². The molecule has 0 radical (unpaired) electrons. The molecular weight excluding hydrogens is 316 g/mol. The molecule has 2 amide bonds. The number of carbonyl (C=O) groups is 1. The van der Waals surface area contributed by atoms with Gasteiger partial charge in [0, 0.05) is 11.3 Å². The van der Waals surface area contributed by atoms with Crippen molar-refractivity contribution in [3.8, 4) is 11.5 Å². The fourth-order valence-corrected chi connectivity index (χ4v) is 3.42. The van der Waals surface area contributed by atoms with E-state index in [1.165, 1.54) is 12.8 Å². The molecule has 5 heteroatoms. The molecule has 2 aromatic rings. The van der Waals surface area contributed by atoms with Gasteiger partial charge in [0.25, 0.3) is 0 Å². The number of fused-ring (bicyclic) bond motifs is 1. The molecule has 5 nitrogen and oxygen atoms in total. The van der Waals surface area contributed by atoms with Gasteiger partial charge in [0.15, 0.2) is 0 Å². The van der Waals surface area contributed by atoms with Crippen molar-refractivity contribution in [2.45, 2.75) is 37.8 Å². The standard InChI is InChI=1S/C20H22N2O3/c23-20(22-18-13-24-19-8-4-3-7-17(18)19)21-14-9-11-16(12-10-14)25-15-5-1-2-6-15/h3-4,7-12,15,18H,1-2,5-6,13H2,(H2,21,22,23). The molecule has 0 saturated heterocycles. The summed E-state index contributed by atoms with van der Waals surface area (Å²) in [4.78, 5) is 12.2. The van der Waals surface area contributed by atoms with Crippen LogP contribution in [-0.4, -0.2) is 18.7 Å². The summed E-state index contributed by atoms with van der Waals surface area (Å²) >= 11 is 0. The molecule has 1 fully saturated rings. The molecule has 2 aromatic carbocycles. The SMILES string of the molecule is O=C(Nc1ccc(OC2CCCC2)cc1)NC1COc2ccccc21. The van der Waals surface area contributed by atoms with Crippen molar-refractivity contribution in [3.05, 3.63) is 54.1 Å². The maximum Gasteiger partial charge on any atom is 0.319 e. The lowest BCUT2D eigenvalue weighted by molar-refractivity contribution is 0.210. The van der Waals surface area contributed by atoms with E-state index < -0.39 is 0 Å². The second kappa shape index (κ2) is 7.05. The van der Waals surface area contributed by atoms with E-state index >= 15 is 0 Å². The Balaban J connectivity index is 1.32. The number of anilines is 1. The summed E-state index contributed by atoms with van der Waals surface area (Å²) in [6.45, 7) is 0.459. The van der Waals surface area contributed by atoms with E-state index in [-0.39, 0.29) is 12.1 Å². The molecule has 1 aliphatic carbocycles. The third kappa shape index (κ3) is 3.71. The van der Waals surface area contributed by atoms with Crippen molar-refractivity contribution in [1.29, 1.82) is 0 Å². The summed E-state index contributed by atoms with van der Waals surface area (Å²) in [5, 5.41) is 5.81. The van der Waals surface area contributed by atoms with Crippen LogP contribution < -0.4 is 20.1 Å². The van der Waals surface area contributed by atoms with Crippen molar-refractivity contribution in [3.63, 3.8) is 0 Å².